The maximum atomic E-state index is 13.1. The predicted octanol–water partition coefficient (Wildman–Crippen LogP) is 1.16. The third-order valence-electron chi connectivity index (χ3n) is 3.53. The minimum absolute atomic E-state index is 0.150. The summed E-state index contributed by atoms with van der Waals surface area (Å²) < 4.78 is 18.9. The van der Waals surface area contributed by atoms with E-state index in [0.29, 0.717) is 6.04 Å². The third-order valence-corrected chi connectivity index (χ3v) is 3.53. The summed E-state index contributed by atoms with van der Waals surface area (Å²) >= 11 is 0. The molecule has 1 saturated heterocycles. The Kier molecular flexibility index (Phi) is 2.76. The average Bonchev–Trinajstić information content (AvgIpc) is 2.84. The second kappa shape index (κ2) is 4.27. The summed E-state index contributed by atoms with van der Waals surface area (Å²) in [6.45, 7) is 2.89. The molecule has 2 N–H and O–H groups in total. The van der Waals surface area contributed by atoms with Crippen LogP contribution in [0, 0.1) is 5.82 Å². The van der Waals surface area contributed by atoms with Crippen molar-refractivity contribution < 1.29 is 9.13 Å². The zero-order chi connectivity index (χ0) is 11.8. The van der Waals surface area contributed by atoms with Crippen molar-refractivity contribution in [1.82, 2.24) is 4.90 Å². The van der Waals surface area contributed by atoms with Crippen LogP contribution in [-0.2, 0) is 6.42 Å². The Hall–Kier alpha value is -1.13. The second-order valence-electron chi connectivity index (χ2n) is 5.00. The minimum Gasteiger partial charge on any atom is -0.488 e. The van der Waals surface area contributed by atoms with Crippen LogP contribution in [0.3, 0.4) is 0 Å². The van der Waals surface area contributed by atoms with Crippen LogP contribution in [0.15, 0.2) is 18.2 Å². The molecule has 0 bridgehead atoms. The number of nitrogens with zero attached hydrogens (tertiary/aromatic N) is 1. The van der Waals surface area contributed by atoms with E-state index in [0.717, 1.165) is 43.8 Å². The predicted molar refractivity (Wildman–Crippen MR) is 63.6 cm³/mol. The number of likely N-dealkylation sites (tertiary alicyclic amines) is 1. The van der Waals surface area contributed by atoms with Gasteiger partial charge in [-0.1, -0.05) is 0 Å². The van der Waals surface area contributed by atoms with Crippen LogP contribution >= 0.6 is 0 Å². The molecule has 0 radical (unpaired) electrons. The van der Waals surface area contributed by atoms with E-state index in [1.165, 1.54) is 6.07 Å². The van der Waals surface area contributed by atoms with Gasteiger partial charge in [0.2, 0.25) is 0 Å². The van der Waals surface area contributed by atoms with Gasteiger partial charge in [0, 0.05) is 31.1 Å². The number of rotatable bonds is 2. The van der Waals surface area contributed by atoms with E-state index >= 15 is 0 Å². The molecule has 1 aromatic rings. The number of nitrogens with two attached hydrogens (primary N) is 1. The lowest BCUT2D eigenvalue weighted by atomic mass is 10.1. The normalized spacial score (nSPS) is 28.1. The van der Waals surface area contributed by atoms with Crippen LogP contribution in [0.4, 0.5) is 4.39 Å². The Balaban J connectivity index is 1.62. The summed E-state index contributed by atoms with van der Waals surface area (Å²) in [5.41, 5.74) is 6.86. The first-order chi connectivity index (χ1) is 8.20. The monoisotopic (exact) mass is 236 g/mol. The van der Waals surface area contributed by atoms with Crippen LogP contribution in [-0.4, -0.2) is 36.7 Å². The number of hydrogen-bond acceptors (Lipinski definition) is 3. The van der Waals surface area contributed by atoms with Crippen molar-refractivity contribution in [3.8, 4) is 5.75 Å². The highest BCUT2D eigenvalue weighted by atomic mass is 19.1. The van der Waals surface area contributed by atoms with Gasteiger partial charge in [-0.25, -0.2) is 4.39 Å². The molecule has 17 heavy (non-hydrogen) atoms. The molecule has 3 nitrogen and oxygen atoms in total. The Morgan fingerprint density at radius 2 is 2.35 bits per heavy atom. The molecule has 1 fully saturated rings. The van der Waals surface area contributed by atoms with Gasteiger partial charge in [-0.05, 0) is 31.2 Å². The van der Waals surface area contributed by atoms with Crippen molar-refractivity contribution in [1.29, 1.82) is 0 Å². The second-order valence-corrected chi connectivity index (χ2v) is 5.00. The smallest absolute Gasteiger partial charge is 0.123 e. The van der Waals surface area contributed by atoms with Gasteiger partial charge >= 0.3 is 0 Å². The number of fused-ring (bicyclic) bond motifs is 1. The summed E-state index contributed by atoms with van der Waals surface area (Å²) in [6.07, 6.45) is 2.02. The Bertz CT molecular complexity index is 424. The van der Waals surface area contributed by atoms with Crippen molar-refractivity contribution in [2.24, 2.45) is 5.73 Å². The van der Waals surface area contributed by atoms with Gasteiger partial charge in [0.15, 0.2) is 0 Å². The van der Waals surface area contributed by atoms with Gasteiger partial charge in [0.05, 0.1) is 0 Å². The molecule has 3 rings (SSSR count). The Morgan fingerprint density at radius 3 is 3.12 bits per heavy atom. The summed E-state index contributed by atoms with van der Waals surface area (Å²) in [5, 5.41) is 0. The van der Waals surface area contributed by atoms with Crippen molar-refractivity contribution in [3.63, 3.8) is 0 Å². The summed E-state index contributed by atoms with van der Waals surface area (Å²) in [4.78, 5) is 2.33. The first-order valence-electron chi connectivity index (χ1n) is 6.14. The zero-order valence-corrected chi connectivity index (χ0v) is 9.73. The van der Waals surface area contributed by atoms with Crippen molar-refractivity contribution >= 4 is 0 Å². The van der Waals surface area contributed by atoms with Crippen LogP contribution in [0.25, 0.3) is 0 Å². The van der Waals surface area contributed by atoms with Crippen molar-refractivity contribution in [2.75, 3.05) is 19.6 Å². The lowest BCUT2D eigenvalue weighted by molar-refractivity contribution is 0.167. The molecule has 2 atom stereocenters. The molecule has 92 valence electrons. The van der Waals surface area contributed by atoms with Gasteiger partial charge in [-0.3, -0.25) is 4.90 Å². The van der Waals surface area contributed by atoms with E-state index in [1.807, 2.05) is 0 Å². The van der Waals surface area contributed by atoms with E-state index in [4.69, 9.17) is 10.5 Å². The largest absolute Gasteiger partial charge is 0.488 e. The molecule has 0 aliphatic carbocycles. The van der Waals surface area contributed by atoms with Crippen LogP contribution in [0.5, 0.6) is 5.75 Å². The molecule has 1 unspecified atom stereocenters. The van der Waals surface area contributed by atoms with Crippen molar-refractivity contribution in [2.45, 2.75) is 25.0 Å². The van der Waals surface area contributed by atoms with E-state index in [1.54, 1.807) is 12.1 Å². The summed E-state index contributed by atoms with van der Waals surface area (Å²) in [5.74, 6) is 0.649. The molecule has 0 amide bonds. The molecular weight excluding hydrogens is 219 g/mol. The highest BCUT2D eigenvalue weighted by Crippen LogP contribution is 2.29. The molecule has 2 heterocycles. The average molecular weight is 236 g/mol. The van der Waals surface area contributed by atoms with Crippen LogP contribution < -0.4 is 10.5 Å². The quantitative estimate of drug-likeness (QED) is 0.837. The fraction of sp³-hybridized carbons (Fsp3) is 0.538. The fourth-order valence-corrected chi connectivity index (χ4v) is 2.71. The van der Waals surface area contributed by atoms with Crippen molar-refractivity contribution in [3.05, 3.63) is 29.6 Å². The molecule has 1 aromatic carbocycles. The fourth-order valence-electron chi connectivity index (χ4n) is 2.71. The molecule has 0 saturated carbocycles. The standard InChI is InChI=1S/C13H17FN2O/c14-10-1-2-13-9(5-10)6-12(17-13)8-16-4-3-11(15)7-16/h1-2,5,11-12H,3-4,6-8,15H2/t11-,12?/m0/s1. The lowest BCUT2D eigenvalue weighted by Crippen LogP contribution is -2.35. The van der Waals surface area contributed by atoms with Gasteiger partial charge in [0.1, 0.15) is 17.7 Å². The highest BCUT2D eigenvalue weighted by Gasteiger charge is 2.28. The van der Waals surface area contributed by atoms with E-state index < -0.39 is 0 Å². The molecule has 0 aromatic heterocycles. The topological polar surface area (TPSA) is 38.5 Å². The first kappa shape index (κ1) is 11.0. The molecule has 0 spiro atoms. The van der Waals surface area contributed by atoms with E-state index in [2.05, 4.69) is 4.90 Å². The first-order valence-corrected chi connectivity index (χ1v) is 6.14. The van der Waals surface area contributed by atoms with Gasteiger partial charge < -0.3 is 10.5 Å². The maximum Gasteiger partial charge on any atom is 0.123 e. The molecular formula is C13H17FN2O. The maximum absolute atomic E-state index is 13.1. The number of ether oxygens (including phenoxy) is 1. The lowest BCUT2D eigenvalue weighted by Gasteiger charge is -2.19. The summed E-state index contributed by atoms with van der Waals surface area (Å²) in [7, 11) is 0. The van der Waals surface area contributed by atoms with Gasteiger partial charge in [-0.15, -0.1) is 0 Å². The third kappa shape index (κ3) is 2.28. The molecule has 2 aliphatic rings. The number of halogens is 1. The molecule has 4 heteroatoms. The van der Waals surface area contributed by atoms with Gasteiger partial charge in [-0.2, -0.15) is 0 Å². The Labute approximate surface area is 100 Å². The van der Waals surface area contributed by atoms with E-state index in [9.17, 15) is 4.39 Å². The highest BCUT2D eigenvalue weighted by molar-refractivity contribution is 5.37. The minimum atomic E-state index is -0.184. The van der Waals surface area contributed by atoms with Crippen LogP contribution in [0.1, 0.15) is 12.0 Å². The van der Waals surface area contributed by atoms with E-state index in [-0.39, 0.29) is 11.9 Å². The number of benzene rings is 1. The number of hydrogen-bond donors (Lipinski definition) is 1. The van der Waals surface area contributed by atoms with Crippen LogP contribution in [0.2, 0.25) is 0 Å². The van der Waals surface area contributed by atoms with Gasteiger partial charge in [0.25, 0.3) is 0 Å². The zero-order valence-electron chi connectivity index (χ0n) is 9.73. The Morgan fingerprint density at radius 1 is 1.47 bits per heavy atom. The summed E-state index contributed by atoms with van der Waals surface area (Å²) in [6, 6.07) is 5.05. The molecule has 2 aliphatic heterocycles. The SMILES string of the molecule is N[C@H]1CCN(CC2Cc3cc(F)ccc3O2)C1.